The first-order valence-corrected chi connectivity index (χ1v) is 12.9. The number of alkyl halides is 1. The fraction of sp³-hybridized carbons (Fsp3) is 0.517. The van der Waals surface area contributed by atoms with Gasteiger partial charge in [0.2, 0.25) is 0 Å². The van der Waals surface area contributed by atoms with Gasteiger partial charge in [0, 0.05) is 18.7 Å². The maximum Gasteiger partial charge on any atom is 0.414 e. The van der Waals surface area contributed by atoms with Crippen molar-refractivity contribution < 1.29 is 27.8 Å². The minimum atomic E-state index is -0.650. The van der Waals surface area contributed by atoms with E-state index in [-0.39, 0.29) is 25.6 Å². The van der Waals surface area contributed by atoms with E-state index in [2.05, 4.69) is 13.8 Å². The summed E-state index contributed by atoms with van der Waals surface area (Å²) < 4.78 is 38.1. The van der Waals surface area contributed by atoms with E-state index >= 15 is 0 Å². The van der Waals surface area contributed by atoms with Crippen LogP contribution in [-0.2, 0) is 16.0 Å². The van der Waals surface area contributed by atoms with Gasteiger partial charge in [-0.25, -0.2) is 14.0 Å². The minimum absolute atomic E-state index is 0.220. The highest BCUT2D eigenvalue weighted by atomic mass is 19.1. The normalized spacial score (nSPS) is 15.1. The molecule has 0 radical (unpaired) electrons. The summed E-state index contributed by atoms with van der Waals surface area (Å²) in [5.74, 6) is -0.453. The standard InChI is InChI=1S/C25H30F2N2O4.C4H10/c1-17-15-29(24(31)32-17)20-10-11-21(22(27)14-20)19-8-6-18(7-9-19)16-28(13-5-12-26)23(30)33-25(2,3)4;1-3-4-2/h6-11,14,17H,5,12-13,15-16H2,1-4H3;3-4H2,1-2H3. The SMILES string of the molecule is CC1CN(c2ccc(-c3ccc(CN(CCCF)C(=O)OC(C)(C)C)cc3)c(F)c2)C(=O)O1.CCCC. The molecule has 2 amide bonds. The fourth-order valence-corrected chi connectivity index (χ4v) is 3.54. The maximum absolute atomic E-state index is 14.8. The molecule has 2 aromatic rings. The summed E-state index contributed by atoms with van der Waals surface area (Å²) in [6, 6.07) is 11.8. The summed E-state index contributed by atoms with van der Waals surface area (Å²) in [5, 5.41) is 0. The van der Waals surface area contributed by atoms with E-state index in [0.29, 0.717) is 23.4 Å². The van der Waals surface area contributed by atoms with Crippen LogP contribution >= 0.6 is 0 Å². The van der Waals surface area contributed by atoms with Gasteiger partial charge in [-0.1, -0.05) is 51.0 Å². The number of rotatable bonds is 8. The second-order valence-corrected chi connectivity index (χ2v) is 10.1. The molecule has 6 nitrogen and oxygen atoms in total. The molecule has 0 spiro atoms. The Balaban J connectivity index is 0.00000112. The molecule has 1 saturated heterocycles. The Kier molecular flexibility index (Phi) is 11.3. The number of ether oxygens (including phenoxy) is 2. The minimum Gasteiger partial charge on any atom is -0.444 e. The van der Waals surface area contributed by atoms with E-state index in [4.69, 9.17) is 9.47 Å². The van der Waals surface area contributed by atoms with Gasteiger partial charge >= 0.3 is 12.2 Å². The highest BCUT2D eigenvalue weighted by Gasteiger charge is 2.29. The van der Waals surface area contributed by atoms with Crippen LogP contribution in [0.3, 0.4) is 0 Å². The highest BCUT2D eigenvalue weighted by molar-refractivity contribution is 5.90. The number of halogens is 2. The third-order valence-electron chi connectivity index (χ3n) is 5.58. The molecule has 0 aliphatic carbocycles. The molecular weight excluding hydrogens is 478 g/mol. The van der Waals surface area contributed by atoms with Crippen LogP contribution in [0.5, 0.6) is 0 Å². The number of cyclic esters (lactones) is 1. The first kappa shape index (κ1) is 30.1. The molecule has 0 bridgehead atoms. The van der Waals surface area contributed by atoms with Crippen LogP contribution in [0.25, 0.3) is 11.1 Å². The number of benzene rings is 2. The zero-order valence-corrected chi connectivity index (χ0v) is 22.9. The third-order valence-corrected chi connectivity index (χ3v) is 5.58. The van der Waals surface area contributed by atoms with Crippen LogP contribution in [0.15, 0.2) is 42.5 Å². The van der Waals surface area contributed by atoms with E-state index in [9.17, 15) is 18.4 Å². The second-order valence-electron chi connectivity index (χ2n) is 10.1. The number of unbranched alkanes of at least 4 members (excludes halogenated alkanes) is 1. The molecule has 1 unspecified atom stereocenters. The Morgan fingerprint density at radius 1 is 1.14 bits per heavy atom. The van der Waals surface area contributed by atoms with E-state index < -0.39 is 30.3 Å². The third kappa shape index (κ3) is 9.34. The topological polar surface area (TPSA) is 59.1 Å². The van der Waals surface area contributed by atoms with Crippen LogP contribution in [0, 0.1) is 5.82 Å². The zero-order valence-electron chi connectivity index (χ0n) is 22.9. The number of hydrogen-bond donors (Lipinski definition) is 0. The second kappa shape index (κ2) is 14.0. The van der Waals surface area contributed by atoms with Crippen LogP contribution in [0.1, 0.15) is 66.4 Å². The molecule has 1 fully saturated rings. The van der Waals surface area contributed by atoms with Crippen molar-refractivity contribution in [3.05, 3.63) is 53.8 Å². The molecular formula is C29H40F2N2O4. The average molecular weight is 519 g/mol. The van der Waals surface area contributed by atoms with Gasteiger partial charge in [-0.15, -0.1) is 0 Å². The van der Waals surface area contributed by atoms with Crippen molar-refractivity contribution in [1.82, 2.24) is 4.90 Å². The Hall–Kier alpha value is -3.16. The van der Waals surface area contributed by atoms with Gasteiger partial charge in [0.1, 0.15) is 17.5 Å². The Morgan fingerprint density at radius 2 is 1.78 bits per heavy atom. The van der Waals surface area contributed by atoms with E-state index in [0.717, 1.165) is 5.56 Å². The first-order valence-electron chi connectivity index (χ1n) is 12.9. The lowest BCUT2D eigenvalue weighted by molar-refractivity contribution is 0.0228. The molecule has 2 aromatic carbocycles. The molecule has 1 atom stereocenters. The fourth-order valence-electron chi connectivity index (χ4n) is 3.54. The average Bonchev–Trinajstić information content (AvgIpc) is 3.19. The highest BCUT2D eigenvalue weighted by Crippen LogP contribution is 2.29. The van der Waals surface area contributed by atoms with Gasteiger partial charge in [0.05, 0.1) is 18.9 Å². The Labute approximate surface area is 219 Å². The van der Waals surface area contributed by atoms with Crippen LogP contribution in [-0.4, -0.2) is 48.6 Å². The number of hydrogen-bond acceptors (Lipinski definition) is 4. The molecule has 0 saturated carbocycles. The first-order chi connectivity index (χ1) is 17.5. The smallest absolute Gasteiger partial charge is 0.414 e. The summed E-state index contributed by atoms with van der Waals surface area (Å²) in [4.78, 5) is 27.2. The van der Waals surface area contributed by atoms with Crippen molar-refractivity contribution in [3.63, 3.8) is 0 Å². The summed E-state index contributed by atoms with van der Waals surface area (Å²) in [5.41, 5.74) is 1.67. The number of carbonyl (C=O) groups is 2. The van der Waals surface area contributed by atoms with E-state index in [1.54, 1.807) is 64.1 Å². The van der Waals surface area contributed by atoms with Gasteiger partial charge in [-0.3, -0.25) is 9.29 Å². The van der Waals surface area contributed by atoms with Crippen molar-refractivity contribution in [2.75, 3.05) is 24.7 Å². The molecule has 1 heterocycles. The van der Waals surface area contributed by atoms with Crippen molar-refractivity contribution in [3.8, 4) is 11.1 Å². The van der Waals surface area contributed by atoms with Gasteiger partial charge in [0.25, 0.3) is 0 Å². The Bertz CT molecular complexity index is 1020. The molecule has 0 aromatic heterocycles. The molecule has 1 aliphatic rings. The van der Waals surface area contributed by atoms with Gasteiger partial charge in [-0.2, -0.15) is 0 Å². The number of carbonyl (C=O) groups excluding carboxylic acids is 2. The Morgan fingerprint density at radius 3 is 2.27 bits per heavy atom. The van der Waals surface area contributed by atoms with Crippen molar-refractivity contribution >= 4 is 17.9 Å². The summed E-state index contributed by atoms with van der Waals surface area (Å²) in [6.45, 7) is 11.8. The number of anilines is 1. The summed E-state index contributed by atoms with van der Waals surface area (Å²) in [7, 11) is 0. The van der Waals surface area contributed by atoms with Gasteiger partial charge in [0.15, 0.2) is 0 Å². The number of nitrogens with zero attached hydrogens (tertiary/aromatic N) is 2. The molecule has 0 N–H and O–H groups in total. The monoisotopic (exact) mass is 518 g/mol. The predicted molar refractivity (Wildman–Crippen MR) is 143 cm³/mol. The van der Waals surface area contributed by atoms with Gasteiger partial charge in [-0.05, 0) is 63.4 Å². The lowest BCUT2D eigenvalue weighted by Crippen LogP contribution is -2.37. The quantitative estimate of drug-likeness (QED) is 0.359. The summed E-state index contributed by atoms with van der Waals surface area (Å²) in [6.07, 6.45) is 1.63. The van der Waals surface area contributed by atoms with E-state index in [1.165, 1.54) is 28.7 Å². The molecule has 1 aliphatic heterocycles. The van der Waals surface area contributed by atoms with Crippen molar-refractivity contribution in [1.29, 1.82) is 0 Å². The lowest BCUT2D eigenvalue weighted by atomic mass is 10.0. The zero-order chi connectivity index (χ0) is 27.6. The molecule has 3 rings (SSSR count). The number of amides is 2. The molecule has 37 heavy (non-hydrogen) atoms. The van der Waals surface area contributed by atoms with Gasteiger partial charge < -0.3 is 14.4 Å². The van der Waals surface area contributed by atoms with Crippen LogP contribution in [0.4, 0.5) is 24.1 Å². The predicted octanol–water partition coefficient (Wildman–Crippen LogP) is 7.74. The summed E-state index contributed by atoms with van der Waals surface area (Å²) >= 11 is 0. The lowest BCUT2D eigenvalue weighted by Gasteiger charge is -2.27. The molecule has 204 valence electrons. The van der Waals surface area contributed by atoms with Crippen molar-refractivity contribution in [2.24, 2.45) is 0 Å². The largest absolute Gasteiger partial charge is 0.444 e. The molecule has 8 heteroatoms. The van der Waals surface area contributed by atoms with Crippen molar-refractivity contribution in [2.45, 2.75) is 79.1 Å². The van der Waals surface area contributed by atoms with Crippen LogP contribution in [0.2, 0.25) is 0 Å². The van der Waals surface area contributed by atoms with E-state index in [1.807, 2.05) is 0 Å². The van der Waals surface area contributed by atoms with Crippen LogP contribution < -0.4 is 4.90 Å². The maximum atomic E-state index is 14.8.